The van der Waals surface area contributed by atoms with Gasteiger partial charge in [-0.1, -0.05) is 37.2 Å². The third-order valence-electron chi connectivity index (χ3n) is 3.66. The lowest BCUT2D eigenvalue weighted by Crippen LogP contribution is -2.35. The highest BCUT2D eigenvalue weighted by atomic mass is 32.1. The van der Waals surface area contributed by atoms with Crippen molar-refractivity contribution < 1.29 is 4.79 Å². The number of likely N-dealkylation sites (tertiary alicyclic amines) is 1. The number of amides is 2. The van der Waals surface area contributed by atoms with Gasteiger partial charge in [0.15, 0.2) is 0 Å². The molecule has 0 unspecified atom stereocenters. The van der Waals surface area contributed by atoms with Gasteiger partial charge in [0.05, 0.1) is 0 Å². The van der Waals surface area contributed by atoms with Crippen molar-refractivity contribution in [2.75, 3.05) is 18.4 Å². The van der Waals surface area contributed by atoms with Crippen molar-refractivity contribution >= 4 is 28.9 Å². The summed E-state index contributed by atoms with van der Waals surface area (Å²) in [4.78, 5) is 14.5. The van der Waals surface area contributed by atoms with E-state index in [0.29, 0.717) is 4.99 Å². The second kappa shape index (κ2) is 6.70. The molecule has 0 aromatic heterocycles. The van der Waals surface area contributed by atoms with Gasteiger partial charge in [-0.25, -0.2) is 4.79 Å². The molecule has 1 fully saturated rings. The second-order valence-corrected chi connectivity index (χ2v) is 5.67. The molecule has 0 spiro atoms. The van der Waals surface area contributed by atoms with E-state index >= 15 is 0 Å². The lowest BCUT2D eigenvalue weighted by Gasteiger charge is -2.21. The third kappa shape index (κ3) is 3.70. The number of urea groups is 1. The summed E-state index contributed by atoms with van der Waals surface area (Å²) in [6.07, 6.45) is 4.58. The van der Waals surface area contributed by atoms with Gasteiger partial charge >= 0.3 is 6.03 Å². The van der Waals surface area contributed by atoms with Crippen molar-refractivity contribution in [3.63, 3.8) is 0 Å². The Morgan fingerprint density at radius 1 is 1.25 bits per heavy atom. The van der Waals surface area contributed by atoms with Crippen molar-refractivity contribution in [1.82, 2.24) is 4.90 Å². The number of nitrogens with zero attached hydrogens (tertiary/aromatic N) is 1. The van der Waals surface area contributed by atoms with E-state index in [0.717, 1.165) is 42.7 Å². The van der Waals surface area contributed by atoms with Crippen LogP contribution in [0.15, 0.2) is 18.2 Å². The normalized spacial score (nSPS) is 15.6. The van der Waals surface area contributed by atoms with Crippen LogP contribution in [-0.4, -0.2) is 29.0 Å². The van der Waals surface area contributed by atoms with E-state index in [1.54, 1.807) is 0 Å². The molecule has 1 saturated heterocycles. The number of hydrogen-bond acceptors (Lipinski definition) is 2. The molecule has 3 N–H and O–H groups in total. The molecular weight excluding hydrogens is 270 g/mol. The maximum atomic E-state index is 12.3. The first-order chi connectivity index (χ1) is 9.58. The first-order valence-corrected chi connectivity index (χ1v) is 7.45. The number of thiocarbonyl (C=S) groups is 1. The highest BCUT2D eigenvalue weighted by Crippen LogP contribution is 2.18. The largest absolute Gasteiger partial charge is 0.389 e. The number of anilines is 1. The molecule has 0 saturated carbocycles. The Morgan fingerprint density at radius 2 is 1.90 bits per heavy atom. The Labute approximate surface area is 125 Å². The number of nitrogens with two attached hydrogens (primary N) is 1. The minimum Gasteiger partial charge on any atom is -0.389 e. The monoisotopic (exact) mass is 291 g/mol. The molecule has 1 heterocycles. The van der Waals surface area contributed by atoms with Gasteiger partial charge < -0.3 is 16.0 Å². The number of nitrogens with one attached hydrogen (secondary N) is 1. The minimum absolute atomic E-state index is 0.0323. The summed E-state index contributed by atoms with van der Waals surface area (Å²) in [6, 6.07) is 5.61. The van der Waals surface area contributed by atoms with Crippen LogP contribution in [0.3, 0.4) is 0 Å². The summed E-state index contributed by atoms with van der Waals surface area (Å²) >= 11 is 4.98. The average Bonchev–Trinajstić information content (AvgIpc) is 2.70. The van der Waals surface area contributed by atoms with Crippen molar-refractivity contribution in [2.45, 2.75) is 32.6 Å². The maximum absolute atomic E-state index is 12.3. The zero-order valence-corrected chi connectivity index (χ0v) is 12.6. The van der Waals surface area contributed by atoms with Gasteiger partial charge in [0.25, 0.3) is 0 Å². The van der Waals surface area contributed by atoms with Crippen molar-refractivity contribution in [3.8, 4) is 0 Å². The number of rotatable bonds is 2. The van der Waals surface area contributed by atoms with E-state index < -0.39 is 0 Å². The van der Waals surface area contributed by atoms with Gasteiger partial charge in [0.1, 0.15) is 4.99 Å². The number of hydrogen-bond donors (Lipinski definition) is 2. The van der Waals surface area contributed by atoms with Crippen molar-refractivity contribution in [2.24, 2.45) is 5.73 Å². The third-order valence-corrected chi connectivity index (χ3v) is 3.89. The summed E-state index contributed by atoms with van der Waals surface area (Å²) < 4.78 is 0. The first kappa shape index (κ1) is 14.8. The predicted octanol–water partition coefficient (Wildman–Crippen LogP) is 3.04. The molecule has 0 bridgehead atoms. The van der Waals surface area contributed by atoms with Crippen molar-refractivity contribution in [1.29, 1.82) is 0 Å². The SMILES string of the molecule is Cc1ccc(C(N)=S)cc1NC(=O)N1CCCCCC1. The molecule has 2 rings (SSSR count). The summed E-state index contributed by atoms with van der Waals surface area (Å²) in [5.41, 5.74) is 8.20. The van der Waals surface area contributed by atoms with E-state index in [9.17, 15) is 4.79 Å². The molecule has 20 heavy (non-hydrogen) atoms. The zero-order valence-electron chi connectivity index (χ0n) is 11.8. The average molecular weight is 291 g/mol. The Hall–Kier alpha value is -1.62. The summed E-state index contributed by atoms with van der Waals surface area (Å²) in [5.74, 6) is 0. The van der Waals surface area contributed by atoms with Crippen LogP contribution in [0, 0.1) is 6.92 Å². The van der Waals surface area contributed by atoms with Gasteiger partial charge in [0.2, 0.25) is 0 Å². The van der Waals surface area contributed by atoms with Crippen LogP contribution in [0.25, 0.3) is 0 Å². The van der Waals surface area contributed by atoms with Gasteiger partial charge in [-0.15, -0.1) is 0 Å². The number of carbonyl (C=O) groups is 1. The van der Waals surface area contributed by atoms with Crippen LogP contribution in [0.2, 0.25) is 0 Å². The molecule has 0 aliphatic carbocycles. The summed E-state index contributed by atoms with van der Waals surface area (Å²) in [6.45, 7) is 3.63. The van der Waals surface area contributed by atoms with Crippen molar-refractivity contribution in [3.05, 3.63) is 29.3 Å². The van der Waals surface area contributed by atoms with E-state index in [2.05, 4.69) is 5.32 Å². The van der Waals surface area contributed by atoms with Crippen LogP contribution >= 0.6 is 12.2 Å². The molecule has 108 valence electrons. The topological polar surface area (TPSA) is 58.4 Å². The second-order valence-electron chi connectivity index (χ2n) is 5.23. The van der Waals surface area contributed by atoms with E-state index in [4.69, 9.17) is 18.0 Å². The van der Waals surface area contributed by atoms with Gasteiger partial charge in [-0.3, -0.25) is 0 Å². The molecule has 5 heteroatoms. The molecule has 0 radical (unpaired) electrons. The molecule has 1 aromatic rings. The lowest BCUT2D eigenvalue weighted by atomic mass is 10.1. The maximum Gasteiger partial charge on any atom is 0.321 e. The molecular formula is C15H21N3OS. The Balaban J connectivity index is 2.10. The highest BCUT2D eigenvalue weighted by Gasteiger charge is 2.16. The van der Waals surface area contributed by atoms with Gasteiger partial charge in [-0.2, -0.15) is 0 Å². The van der Waals surface area contributed by atoms with Crippen LogP contribution < -0.4 is 11.1 Å². The number of aryl methyl sites for hydroxylation is 1. The molecule has 4 nitrogen and oxygen atoms in total. The zero-order chi connectivity index (χ0) is 14.5. The Kier molecular flexibility index (Phi) is 4.95. The fourth-order valence-electron chi connectivity index (χ4n) is 2.38. The Morgan fingerprint density at radius 3 is 2.50 bits per heavy atom. The number of carbonyl (C=O) groups excluding carboxylic acids is 1. The van der Waals surface area contributed by atoms with Crippen LogP contribution in [0.4, 0.5) is 10.5 Å². The standard InChI is InChI=1S/C15H21N3OS/c1-11-6-7-12(14(16)20)10-13(11)17-15(19)18-8-4-2-3-5-9-18/h6-7,10H,2-5,8-9H2,1H3,(H2,16,20)(H,17,19). The first-order valence-electron chi connectivity index (χ1n) is 7.04. The Bertz CT molecular complexity index is 508. The summed E-state index contributed by atoms with van der Waals surface area (Å²) in [5, 5.41) is 2.97. The van der Waals surface area contributed by atoms with E-state index in [1.165, 1.54) is 12.8 Å². The lowest BCUT2D eigenvalue weighted by molar-refractivity contribution is 0.213. The molecule has 1 aliphatic heterocycles. The smallest absolute Gasteiger partial charge is 0.321 e. The van der Waals surface area contributed by atoms with Crippen LogP contribution in [-0.2, 0) is 0 Å². The molecule has 1 aliphatic rings. The quantitative estimate of drug-likeness (QED) is 0.823. The fraction of sp³-hybridized carbons (Fsp3) is 0.467. The van der Waals surface area contributed by atoms with E-state index in [-0.39, 0.29) is 6.03 Å². The minimum atomic E-state index is -0.0323. The van der Waals surface area contributed by atoms with Gasteiger partial charge in [-0.05, 0) is 31.4 Å². The molecule has 0 atom stereocenters. The fourth-order valence-corrected chi connectivity index (χ4v) is 2.50. The molecule has 1 aromatic carbocycles. The molecule has 2 amide bonds. The highest BCUT2D eigenvalue weighted by molar-refractivity contribution is 7.80. The van der Waals surface area contributed by atoms with Crippen LogP contribution in [0.1, 0.15) is 36.8 Å². The van der Waals surface area contributed by atoms with Gasteiger partial charge in [0, 0.05) is 24.3 Å². The van der Waals surface area contributed by atoms with E-state index in [1.807, 2.05) is 30.0 Å². The summed E-state index contributed by atoms with van der Waals surface area (Å²) in [7, 11) is 0. The number of benzene rings is 1. The van der Waals surface area contributed by atoms with Crippen LogP contribution in [0.5, 0.6) is 0 Å². The predicted molar refractivity (Wildman–Crippen MR) is 86.1 cm³/mol.